The lowest BCUT2D eigenvalue weighted by molar-refractivity contribution is -0.701. The van der Waals surface area contributed by atoms with Crippen molar-refractivity contribution in [1.82, 2.24) is 0 Å². The number of nitrogens with one attached hydrogen (secondary N) is 2. The van der Waals surface area contributed by atoms with Crippen molar-refractivity contribution in [2.75, 3.05) is 11.9 Å². The first kappa shape index (κ1) is 21.5. The number of carboxylic acid groups (broad SMARTS) is 2. The fourth-order valence-electron chi connectivity index (χ4n) is 3.17. The van der Waals surface area contributed by atoms with Gasteiger partial charge in [0.1, 0.15) is 17.7 Å². The Kier molecular flexibility index (Phi) is 5.75. The molecular weight excluding hydrogens is 420 g/mol. The SMILES string of the molecule is O=C(O)CCNc1c(F)cc2c(c1[N+](=O)[O-])[NH+](c1ccc(F)cc1)C=C(C(=O)[O-])C2=O. The van der Waals surface area contributed by atoms with Gasteiger partial charge in [-0.25, -0.2) is 13.7 Å². The molecule has 1 atom stereocenters. The summed E-state index contributed by atoms with van der Waals surface area (Å²) in [5, 5.41) is 34.3. The molecule has 1 aliphatic heterocycles. The first-order chi connectivity index (χ1) is 14.6. The average molecular weight is 433 g/mol. The molecule has 31 heavy (non-hydrogen) atoms. The van der Waals surface area contributed by atoms with E-state index in [1.54, 1.807) is 0 Å². The van der Waals surface area contributed by atoms with Gasteiger partial charge in [0.15, 0.2) is 11.5 Å². The van der Waals surface area contributed by atoms with Crippen molar-refractivity contribution >= 4 is 40.5 Å². The molecule has 3 rings (SSSR count). The van der Waals surface area contributed by atoms with Crippen LogP contribution in [0, 0.1) is 21.7 Å². The Balaban J connectivity index is 2.28. The predicted octanol–water partition coefficient (Wildman–Crippen LogP) is 0.438. The van der Waals surface area contributed by atoms with E-state index < -0.39 is 63.2 Å². The number of nitrogens with zero attached hydrogens (tertiary/aromatic N) is 1. The Hall–Kier alpha value is -4.19. The number of aliphatic carboxylic acids is 2. The highest BCUT2D eigenvalue weighted by Crippen LogP contribution is 2.39. The van der Waals surface area contributed by atoms with Gasteiger partial charge in [-0.2, -0.15) is 0 Å². The molecule has 1 unspecified atom stereocenters. The van der Waals surface area contributed by atoms with Gasteiger partial charge in [-0.3, -0.25) is 19.7 Å². The molecule has 0 radical (unpaired) electrons. The van der Waals surface area contributed by atoms with Crippen molar-refractivity contribution in [3.63, 3.8) is 0 Å². The number of ketones is 1. The summed E-state index contributed by atoms with van der Waals surface area (Å²) in [6, 6.07) is 5.09. The number of benzene rings is 2. The summed E-state index contributed by atoms with van der Waals surface area (Å²) < 4.78 is 28.0. The maximum atomic E-state index is 14.7. The number of anilines is 1. The molecule has 0 spiro atoms. The Morgan fingerprint density at radius 3 is 2.39 bits per heavy atom. The first-order valence-electron chi connectivity index (χ1n) is 8.69. The van der Waals surface area contributed by atoms with Crippen molar-refractivity contribution in [2.45, 2.75) is 6.42 Å². The molecule has 1 heterocycles. The maximum absolute atomic E-state index is 14.7. The third kappa shape index (κ3) is 4.09. The second-order valence-electron chi connectivity index (χ2n) is 6.43. The van der Waals surface area contributed by atoms with Gasteiger partial charge in [0.05, 0.1) is 28.4 Å². The van der Waals surface area contributed by atoms with Crippen LogP contribution in [0.1, 0.15) is 16.8 Å². The van der Waals surface area contributed by atoms with Crippen LogP contribution in [0.15, 0.2) is 42.1 Å². The Bertz CT molecular complexity index is 1150. The monoisotopic (exact) mass is 433 g/mol. The molecule has 3 N–H and O–H groups in total. The summed E-state index contributed by atoms with van der Waals surface area (Å²) in [6.45, 7) is -0.355. The number of rotatable bonds is 7. The second kappa shape index (κ2) is 8.28. The summed E-state index contributed by atoms with van der Waals surface area (Å²) in [7, 11) is 0. The zero-order valence-corrected chi connectivity index (χ0v) is 15.5. The Morgan fingerprint density at radius 1 is 1.19 bits per heavy atom. The van der Waals surface area contributed by atoms with Crippen LogP contribution in [0.2, 0.25) is 0 Å². The van der Waals surface area contributed by atoms with E-state index in [1.807, 2.05) is 0 Å². The number of hydrogen-bond acceptors (Lipinski definition) is 7. The number of Topliss-reactive ketones (excluding diaryl/α,β-unsaturated/α-hetero) is 1. The third-order valence-corrected chi connectivity index (χ3v) is 4.50. The number of nitro benzene ring substituents is 1. The van der Waals surface area contributed by atoms with Gasteiger partial charge in [0.25, 0.3) is 0 Å². The van der Waals surface area contributed by atoms with E-state index >= 15 is 0 Å². The number of nitro groups is 1. The fourth-order valence-corrected chi connectivity index (χ4v) is 3.17. The van der Waals surface area contributed by atoms with E-state index in [0.717, 1.165) is 18.3 Å². The molecule has 0 bridgehead atoms. The molecule has 0 aliphatic carbocycles. The minimum Gasteiger partial charge on any atom is -0.544 e. The number of hydrogen-bond donors (Lipinski definition) is 3. The number of carbonyl (C=O) groups is 3. The van der Waals surface area contributed by atoms with Crippen LogP contribution in [0.3, 0.4) is 0 Å². The van der Waals surface area contributed by atoms with Gasteiger partial charge in [0.2, 0.25) is 11.5 Å². The van der Waals surface area contributed by atoms with Crippen molar-refractivity contribution in [2.24, 2.45) is 0 Å². The minimum atomic E-state index is -1.87. The standard InChI is InChI=1S/C19H13F2N3O7/c20-9-1-3-10(4-2-9)23-8-12(19(28)29)18(27)11-7-13(21)15(22-6-5-14(25)26)17(16(11)23)24(30)31/h1-4,7-8,22H,5-6H2,(H,25,26)(H,28,29). The number of carbonyl (C=O) groups excluding carboxylic acids is 2. The summed E-state index contributed by atoms with van der Waals surface area (Å²) >= 11 is 0. The van der Waals surface area contributed by atoms with E-state index in [4.69, 9.17) is 5.11 Å². The normalized spacial score (nSPS) is 15.1. The largest absolute Gasteiger partial charge is 0.544 e. The summed E-state index contributed by atoms with van der Waals surface area (Å²) in [5.74, 6) is -6.18. The molecule has 10 nitrogen and oxygen atoms in total. The Morgan fingerprint density at radius 2 is 1.84 bits per heavy atom. The van der Waals surface area contributed by atoms with Crippen LogP contribution in [-0.4, -0.2) is 34.3 Å². The highest BCUT2D eigenvalue weighted by atomic mass is 19.1. The molecule has 160 valence electrons. The van der Waals surface area contributed by atoms with E-state index in [9.17, 15) is 38.4 Å². The van der Waals surface area contributed by atoms with Crippen LogP contribution in [-0.2, 0) is 9.59 Å². The van der Waals surface area contributed by atoms with Crippen molar-refractivity contribution < 1.29 is 43.2 Å². The van der Waals surface area contributed by atoms with Gasteiger partial charge in [-0.05, 0) is 18.2 Å². The smallest absolute Gasteiger partial charge is 0.356 e. The van der Waals surface area contributed by atoms with E-state index in [2.05, 4.69) is 5.32 Å². The maximum Gasteiger partial charge on any atom is 0.356 e. The molecule has 2 aromatic carbocycles. The van der Waals surface area contributed by atoms with Crippen LogP contribution in [0.5, 0.6) is 0 Å². The number of quaternary nitrogens is 1. The number of halogens is 2. The van der Waals surface area contributed by atoms with E-state index in [-0.39, 0.29) is 22.8 Å². The van der Waals surface area contributed by atoms with Gasteiger partial charge < -0.3 is 20.3 Å². The fraction of sp³-hybridized carbons (Fsp3) is 0.105. The molecule has 0 amide bonds. The molecule has 12 heteroatoms. The number of fused-ring (bicyclic) bond motifs is 1. The average Bonchev–Trinajstić information content (AvgIpc) is 2.69. The summed E-state index contributed by atoms with van der Waals surface area (Å²) in [5.41, 5.74) is -3.25. The highest BCUT2D eigenvalue weighted by Gasteiger charge is 2.41. The van der Waals surface area contributed by atoms with Gasteiger partial charge in [-0.15, -0.1) is 0 Å². The lowest BCUT2D eigenvalue weighted by atomic mass is 9.95. The van der Waals surface area contributed by atoms with E-state index in [0.29, 0.717) is 6.07 Å². The molecule has 0 saturated heterocycles. The van der Waals surface area contributed by atoms with Gasteiger partial charge in [-0.1, -0.05) is 0 Å². The Labute approximate surface area is 172 Å². The summed E-state index contributed by atoms with van der Waals surface area (Å²) in [6.07, 6.45) is 0.370. The van der Waals surface area contributed by atoms with Crippen molar-refractivity contribution in [3.8, 4) is 0 Å². The molecule has 0 aromatic heterocycles. The highest BCUT2D eigenvalue weighted by molar-refractivity contribution is 6.25. The first-order valence-corrected chi connectivity index (χ1v) is 8.69. The summed E-state index contributed by atoms with van der Waals surface area (Å²) in [4.78, 5) is 45.4. The minimum absolute atomic E-state index is 0.125. The molecule has 1 aliphatic rings. The molecule has 0 fully saturated rings. The van der Waals surface area contributed by atoms with Crippen LogP contribution in [0.25, 0.3) is 0 Å². The lowest BCUT2D eigenvalue weighted by Crippen LogP contribution is -2.98. The lowest BCUT2D eigenvalue weighted by Gasteiger charge is -2.24. The quantitative estimate of drug-likeness (QED) is 0.323. The predicted molar refractivity (Wildman–Crippen MR) is 97.9 cm³/mol. The topological polar surface area (TPSA) is 154 Å². The van der Waals surface area contributed by atoms with Crippen molar-refractivity contribution in [1.29, 1.82) is 0 Å². The second-order valence-corrected chi connectivity index (χ2v) is 6.43. The van der Waals surface area contributed by atoms with Gasteiger partial charge in [0, 0.05) is 18.7 Å². The van der Waals surface area contributed by atoms with Gasteiger partial charge >= 0.3 is 11.7 Å². The molecule has 2 aromatic rings. The van der Waals surface area contributed by atoms with E-state index in [1.165, 1.54) is 12.1 Å². The van der Waals surface area contributed by atoms with Crippen LogP contribution >= 0.6 is 0 Å². The number of carboxylic acids is 2. The molecule has 0 saturated carbocycles. The zero-order valence-electron chi connectivity index (χ0n) is 15.5. The van der Waals surface area contributed by atoms with Crippen molar-refractivity contribution in [3.05, 3.63) is 69.4 Å². The van der Waals surface area contributed by atoms with Crippen LogP contribution < -0.4 is 15.3 Å². The van der Waals surface area contributed by atoms with Crippen LogP contribution in [0.4, 0.5) is 31.5 Å². The molecular formula is C19H13F2N3O7. The zero-order chi connectivity index (χ0) is 22.9. The third-order valence-electron chi connectivity index (χ3n) is 4.50.